The Morgan fingerprint density at radius 3 is 2.32 bits per heavy atom. The molecular weight excluding hydrogens is 314 g/mol. The molecule has 0 amide bonds. The molecule has 5 nitrogen and oxygen atoms in total. The largest absolute Gasteiger partial charge is 0.493 e. The molecule has 0 radical (unpaired) electrons. The summed E-state index contributed by atoms with van der Waals surface area (Å²) in [4.78, 5) is 2.47. The Hall–Kier alpha value is -2.53. The van der Waals surface area contributed by atoms with Crippen LogP contribution in [0.15, 0.2) is 53.6 Å². The maximum absolute atomic E-state index is 5.33. The molecule has 0 bridgehead atoms. The Bertz CT molecular complexity index is 695. The quantitative estimate of drug-likeness (QED) is 0.759. The van der Waals surface area contributed by atoms with E-state index in [-0.39, 0.29) is 0 Å². The van der Waals surface area contributed by atoms with E-state index in [9.17, 15) is 0 Å². The van der Waals surface area contributed by atoms with Gasteiger partial charge in [-0.25, -0.2) is 0 Å². The summed E-state index contributed by atoms with van der Waals surface area (Å²) in [6.07, 6.45) is 1.88. The molecule has 1 aliphatic rings. The van der Waals surface area contributed by atoms with Gasteiger partial charge in [-0.15, -0.1) is 0 Å². The zero-order valence-corrected chi connectivity index (χ0v) is 14.9. The number of methoxy groups -OCH3 is 2. The zero-order chi connectivity index (χ0) is 17.5. The molecule has 3 rings (SSSR count). The van der Waals surface area contributed by atoms with E-state index in [1.54, 1.807) is 14.2 Å². The Balaban J connectivity index is 1.52. The third-order valence-corrected chi connectivity index (χ3v) is 4.38. The molecule has 0 saturated carbocycles. The predicted molar refractivity (Wildman–Crippen MR) is 100 cm³/mol. The molecule has 1 aliphatic heterocycles. The van der Waals surface area contributed by atoms with Crippen LogP contribution in [0.25, 0.3) is 0 Å². The number of ether oxygens (including phenoxy) is 2. The van der Waals surface area contributed by atoms with E-state index in [0.717, 1.165) is 49.8 Å². The lowest BCUT2D eigenvalue weighted by Crippen LogP contribution is -2.43. The van der Waals surface area contributed by atoms with Crippen molar-refractivity contribution in [3.63, 3.8) is 0 Å². The molecule has 1 fully saturated rings. The molecular formula is C20H25N3O2. The van der Waals surface area contributed by atoms with Crippen LogP contribution in [0.4, 0.5) is 0 Å². The van der Waals surface area contributed by atoms with Gasteiger partial charge in [-0.05, 0) is 29.3 Å². The molecule has 132 valence electrons. The van der Waals surface area contributed by atoms with E-state index in [4.69, 9.17) is 9.47 Å². The van der Waals surface area contributed by atoms with E-state index in [2.05, 4.69) is 45.3 Å². The second-order valence-corrected chi connectivity index (χ2v) is 6.07. The van der Waals surface area contributed by atoms with E-state index in [1.807, 2.05) is 24.4 Å². The first-order valence-electron chi connectivity index (χ1n) is 8.56. The monoisotopic (exact) mass is 339 g/mol. The van der Waals surface area contributed by atoms with Crippen LogP contribution >= 0.6 is 0 Å². The Morgan fingerprint density at radius 1 is 0.920 bits per heavy atom. The maximum Gasteiger partial charge on any atom is 0.161 e. The maximum atomic E-state index is 5.33. The number of hydrogen-bond donors (Lipinski definition) is 0. The van der Waals surface area contributed by atoms with Crippen molar-refractivity contribution in [1.29, 1.82) is 0 Å². The van der Waals surface area contributed by atoms with Crippen LogP contribution in [0.5, 0.6) is 11.5 Å². The van der Waals surface area contributed by atoms with Crippen molar-refractivity contribution >= 4 is 6.21 Å². The van der Waals surface area contributed by atoms with Gasteiger partial charge in [0.2, 0.25) is 0 Å². The summed E-state index contributed by atoms with van der Waals surface area (Å²) in [5.74, 6) is 1.45. The molecule has 0 aromatic heterocycles. The van der Waals surface area contributed by atoms with Crippen LogP contribution in [0.3, 0.4) is 0 Å². The number of piperazine rings is 1. The predicted octanol–water partition coefficient (Wildman–Crippen LogP) is 2.86. The number of benzene rings is 2. The first-order chi connectivity index (χ1) is 12.3. The van der Waals surface area contributed by atoms with E-state index >= 15 is 0 Å². The highest BCUT2D eigenvalue weighted by atomic mass is 16.5. The fourth-order valence-electron chi connectivity index (χ4n) is 2.93. The van der Waals surface area contributed by atoms with Crippen molar-refractivity contribution < 1.29 is 9.47 Å². The third-order valence-electron chi connectivity index (χ3n) is 4.38. The summed E-state index contributed by atoms with van der Waals surface area (Å²) in [6.45, 7) is 4.94. The molecule has 0 unspecified atom stereocenters. The topological polar surface area (TPSA) is 37.3 Å². The van der Waals surface area contributed by atoms with Crippen molar-refractivity contribution in [2.75, 3.05) is 40.4 Å². The zero-order valence-electron chi connectivity index (χ0n) is 14.9. The minimum absolute atomic E-state index is 0.721. The fourth-order valence-corrected chi connectivity index (χ4v) is 2.93. The van der Waals surface area contributed by atoms with Gasteiger partial charge in [0.15, 0.2) is 11.5 Å². The molecule has 2 aromatic rings. The highest BCUT2D eigenvalue weighted by Gasteiger charge is 2.15. The van der Waals surface area contributed by atoms with E-state index < -0.39 is 0 Å². The SMILES string of the molecule is COc1ccc(/C=N/N2CCN(Cc3ccccc3)CC2)cc1OC. The normalized spacial score (nSPS) is 15.5. The molecule has 5 heteroatoms. The Labute approximate surface area is 149 Å². The Kier molecular flexibility index (Phi) is 5.90. The Morgan fingerprint density at radius 2 is 1.64 bits per heavy atom. The number of hydrogen-bond acceptors (Lipinski definition) is 5. The second-order valence-electron chi connectivity index (χ2n) is 6.07. The van der Waals surface area contributed by atoms with Gasteiger partial charge >= 0.3 is 0 Å². The average Bonchev–Trinajstić information content (AvgIpc) is 2.68. The van der Waals surface area contributed by atoms with Crippen LogP contribution < -0.4 is 9.47 Å². The second kappa shape index (κ2) is 8.53. The third kappa shape index (κ3) is 4.73. The van der Waals surface area contributed by atoms with E-state index in [1.165, 1.54) is 5.56 Å². The summed E-state index contributed by atoms with van der Waals surface area (Å²) in [5, 5.41) is 6.73. The van der Waals surface area contributed by atoms with Gasteiger partial charge in [-0.1, -0.05) is 30.3 Å². The van der Waals surface area contributed by atoms with Gasteiger partial charge < -0.3 is 9.47 Å². The smallest absolute Gasteiger partial charge is 0.161 e. The van der Waals surface area contributed by atoms with Gasteiger partial charge in [-0.3, -0.25) is 9.91 Å². The summed E-state index contributed by atoms with van der Waals surface area (Å²) in [5.41, 5.74) is 2.37. The molecule has 2 aromatic carbocycles. The van der Waals surface area contributed by atoms with Crippen molar-refractivity contribution in [1.82, 2.24) is 9.91 Å². The van der Waals surface area contributed by atoms with Crippen LogP contribution in [-0.2, 0) is 6.54 Å². The lowest BCUT2D eigenvalue weighted by Gasteiger charge is -2.33. The summed E-state index contributed by atoms with van der Waals surface area (Å²) in [6, 6.07) is 16.4. The molecule has 0 spiro atoms. The van der Waals surface area contributed by atoms with Crippen LogP contribution in [0.2, 0.25) is 0 Å². The summed E-state index contributed by atoms with van der Waals surface area (Å²) < 4.78 is 10.6. The first kappa shape index (κ1) is 17.3. The molecule has 1 heterocycles. The molecule has 25 heavy (non-hydrogen) atoms. The molecule has 0 N–H and O–H groups in total. The van der Waals surface area contributed by atoms with Crippen molar-refractivity contribution in [2.24, 2.45) is 5.10 Å². The van der Waals surface area contributed by atoms with Crippen LogP contribution in [0, 0.1) is 0 Å². The fraction of sp³-hybridized carbons (Fsp3) is 0.350. The minimum atomic E-state index is 0.721. The summed E-state index contributed by atoms with van der Waals surface area (Å²) in [7, 11) is 3.28. The molecule has 1 saturated heterocycles. The summed E-state index contributed by atoms with van der Waals surface area (Å²) >= 11 is 0. The number of nitrogens with zero attached hydrogens (tertiary/aromatic N) is 3. The van der Waals surface area contributed by atoms with Gasteiger partial charge in [-0.2, -0.15) is 5.10 Å². The number of rotatable bonds is 6. The lowest BCUT2D eigenvalue weighted by molar-refractivity contribution is 0.131. The molecule has 0 aliphatic carbocycles. The van der Waals surface area contributed by atoms with Gasteiger partial charge in [0, 0.05) is 32.7 Å². The molecule has 0 atom stereocenters. The van der Waals surface area contributed by atoms with Gasteiger partial charge in [0.05, 0.1) is 20.4 Å². The van der Waals surface area contributed by atoms with Gasteiger partial charge in [0.25, 0.3) is 0 Å². The van der Waals surface area contributed by atoms with Crippen LogP contribution in [-0.4, -0.2) is 56.5 Å². The van der Waals surface area contributed by atoms with Crippen molar-refractivity contribution in [3.05, 3.63) is 59.7 Å². The van der Waals surface area contributed by atoms with E-state index in [0.29, 0.717) is 0 Å². The standard InChI is InChI=1S/C20H25N3O2/c1-24-19-9-8-18(14-20(19)25-2)15-21-23-12-10-22(11-13-23)16-17-6-4-3-5-7-17/h3-9,14-15H,10-13,16H2,1-2H3/b21-15+. The lowest BCUT2D eigenvalue weighted by atomic mass is 10.2. The van der Waals surface area contributed by atoms with Crippen molar-refractivity contribution in [3.8, 4) is 11.5 Å². The minimum Gasteiger partial charge on any atom is -0.493 e. The average molecular weight is 339 g/mol. The first-order valence-corrected chi connectivity index (χ1v) is 8.56. The number of hydrazone groups is 1. The highest BCUT2D eigenvalue weighted by molar-refractivity contribution is 5.80. The van der Waals surface area contributed by atoms with Gasteiger partial charge in [0.1, 0.15) is 0 Å². The van der Waals surface area contributed by atoms with Crippen LogP contribution in [0.1, 0.15) is 11.1 Å². The van der Waals surface area contributed by atoms with Crippen molar-refractivity contribution in [2.45, 2.75) is 6.54 Å². The highest BCUT2D eigenvalue weighted by Crippen LogP contribution is 2.26.